The summed E-state index contributed by atoms with van der Waals surface area (Å²) in [6, 6.07) is -0.664. The zero-order chi connectivity index (χ0) is 17.7. The van der Waals surface area contributed by atoms with Crippen LogP contribution in [0.4, 0.5) is 0 Å². The third kappa shape index (κ3) is 2.62. The molecule has 1 saturated carbocycles. The van der Waals surface area contributed by atoms with Crippen molar-refractivity contribution in [1.29, 1.82) is 0 Å². The van der Waals surface area contributed by atoms with E-state index in [0.717, 1.165) is 6.42 Å². The van der Waals surface area contributed by atoms with Gasteiger partial charge in [-0.05, 0) is 30.6 Å². The first-order valence-electron chi connectivity index (χ1n) is 9.40. The van der Waals surface area contributed by atoms with Crippen LogP contribution in [0.15, 0.2) is 12.2 Å². The molecular formula is C19H26N2O4. The van der Waals surface area contributed by atoms with Crippen molar-refractivity contribution < 1.29 is 19.1 Å². The van der Waals surface area contributed by atoms with Gasteiger partial charge in [0.25, 0.3) is 0 Å². The lowest BCUT2D eigenvalue weighted by Crippen LogP contribution is -2.54. The highest BCUT2D eigenvalue weighted by Gasteiger charge is 2.61. The summed E-state index contributed by atoms with van der Waals surface area (Å²) in [7, 11) is 0. The molecule has 4 rings (SSSR count). The third-order valence-corrected chi connectivity index (χ3v) is 6.12. The van der Waals surface area contributed by atoms with Crippen LogP contribution in [0.25, 0.3) is 0 Å². The summed E-state index contributed by atoms with van der Waals surface area (Å²) >= 11 is 0. The molecule has 6 nitrogen and oxygen atoms in total. The lowest BCUT2D eigenvalue weighted by Gasteiger charge is -2.34. The molecule has 0 N–H and O–H groups in total. The summed E-state index contributed by atoms with van der Waals surface area (Å²) in [4.78, 5) is 42.3. The molecule has 6 heteroatoms. The summed E-state index contributed by atoms with van der Waals surface area (Å²) < 4.78 is 5.33. The number of amides is 3. The minimum Gasteiger partial charge on any atom is -0.378 e. The van der Waals surface area contributed by atoms with Crippen molar-refractivity contribution in [3.05, 3.63) is 12.2 Å². The molecule has 0 aromatic rings. The molecule has 2 heterocycles. The van der Waals surface area contributed by atoms with Gasteiger partial charge in [-0.15, -0.1) is 0 Å². The van der Waals surface area contributed by atoms with Crippen molar-refractivity contribution in [3.8, 4) is 0 Å². The van der Waals surface area contributed by atoms with Gasteiger partial charge in [0.05, 0.1) is 25.0 Å². The number of nitrogens with zero attached hydrogens (tertiary/aromatic N) is 2. The molecule has 3 fully saturated rings. The second kappa shape index (κ2) is 6.24. The monoisotopic (exact) mass is 346 g/mol. The highest BCUT2D eigenvalue weighted by Crippen LogP contribution is 2.53. The van der Waals surface area contributed by atoms with Gasteiger partial charge >= 0.3 is 0 Å². The number of allylic oxidation sites excluding steroid dienone is 2. The average molecular weight is 346 g/mol. The van der Waals surface area contributed by atoms with Crippen molar-refractivity contribution in [2.75, 3.05) is 26.3 Å². The van der Waals surface area contributed by atoms with E-state index < -0.39 is 6.04 Å². The van der Waals surface area contributed by atoms with Gasteiger partial charge in [0.1, 0.15) is 6.04 Å². The summed E-state index contributed by atoms with van der Waals surface area (Å²) in [5.41, 5.74) is 0. The lowest BCUT2D eigenvalue weighted by atomic mass is 9.85. The van der Waals surface area contributed by atoms with E-state index in [2.05, 4.69) is 12.2 Å². The van der Waals surface area contributed by atoms with Gasteiger partial charge in [-0.25, -0.2) is 0 Å². The van der Waals surface area contributed by atoms with E-state index in [1.165, 1.54) is 4.90 Å². The number of likely N-dealkylation sites (tertiary alicyclic amines) is 1. The van der Waals surface area contributed by atoms with Gasteiger partial charge in [-0.1, -0.05) is 26.0 Å². The molecule has 0 spiro atoms. The molecule has 2 saturated heterocycles. The standard InChI is InChI=1S/C19H26N2O4/c1-11(2)9-14(17(22)20-5-7-25-8-6-20)21-18(23)15-12-3-4-13(10-12)16(15)19(21)24/h3-4,11-16H,5-10H2,1-2H3/t12-,13-,14+,15+,16+/m0/s1. The Morgan fingerprint density at radius 3 is 2.20 bits per heavy atom. The molecule has 0 aromatic heterocycles. The Hall–Kier alpha value is -1.69. The predicted molar refractivity (Wildman–Crippen MR) is 90.2 cm³/mol. The molecule has 25 heavy (non-hydrogen) atoms. The van der Waals surface area contributed by atoms with Crippen molar-refractivity contribution >= 4 is 17.7 Å². The van der Waals surface area contributed by atoms with Crippen LogP contribution in [0.2, 0.25) is 0 Å². The fraction of sp³-hybridized carbons (Fsp3) is 0.737. The molecule has 4 aliphatic rings. The third-order valence-electron chi connectivity index (χ3n) is 6.12. The number of carbonyl (C=O) groups excluding carboxylic acids is 3. The Balaban J connectivity index is 1.60. The van der Waals surface area contributed by atoms with Crippen LogP contribution in [0.1, 0.15) is 26.7 Å². The van der Waals surface area contributed by atoms with Gasteiger partial charge in [0, 0.05) is 13.1 Å². The molecule has 0 aromatic carbocycles. The Morgan fingerprint density at radius 1 is 1.12 bits per heavy atom. The number of morpholine rings is 1. The maximum absolute atomic E-state index is 13.1. The fourth-order valence-electron chi connectivity index (χ4n) is 4.99. The minimum absolute atomic E-state index is 0.0982. The molecule has 0 unspecified atom stereocenters. The molecule has 2 bridgehead atoms. The Morgan fingerprint density at radius 2 is 1.68 bits per heavy atom. The second-order valence-electron chi connectivity index (χ2n) is 8.13. The first-order chi connectivity index (χ1) is 12.0. The van der Waals surface area contributed by atoms with E-state index in [0.29, 0.717) is 32.7 Å². The second-order valence-corrected chi connectivity index (χ2v) is 8.13. The number of carbonyl (C=O) groups is 3. The van der Waals surface area contributed by atoms with Crippen LogP contribution >= 0.6 is 0 Å². The number of hydrogen-bond acceptors (Lipinski definition) is 4. The zero-order valence-electron chi connectivity index (χ0n) is 14.9. The maximum atomic E-state index is 13.1. The van der Waals surface area contributed by atoms with Crippen LogP contribution in [-0.4, -0.2) is 59.9 Å². The van der Waals surface area contributed by atoms with Crippen molar-refractivity contribution in [3.63, 3.8) is 0 Å². The first kappa shape index (κ1) is 16.8. The van der Waals surface area contributed by atoms with E-state index in [-0.39, 0.29) is 47.3 Å². The Bertz CT molecular complexity index is 593. The van der Waals surface area contributed by atoms with Gasteiger partial charge in [-0.3, -0.25) is 19.3 Å². The first-order valence-corrected chi connectivity index (χ1v) is 9.40. The van der Waals surface area contributed by atoms with E-state index in [1.807, 2.05) is 13.8 Å². The van der Waals surface area contributed by atoms with Crippen LogP contribution in [0.5, 0.6) is 0 Å². The topological polar surface area (TPSA) is 66.9 Å². The molecule has 0 radical (unpaired) electrons. The minimum atomic E-state index is -0.664. The van der Waals surface area contributed by atoms with Crippen LogP contribution in [-0.2, 0) is 19.1 Å². The highest BCUT2D eigenvalue weighted by atomic mass is 16.5. The normalized spacial score (nSPS) is 35.0. The van der Waals surface area contributed by atoms with Crippen molar-refractivity contribution in [2.45, 2.75) is 32.7 Å². The van der Waals surface area contributed by atoms with Crippen LogP contribution < -0.4 is 0 Å². The molecule has 5 atom stereocenters. The number of imide groups is 1. The average Bonchev–Trinajstić information content (AvgIpc) is 3.27. The van der Waals surface area contributed by atoms with E-state index >= 15 is 0 Å². The van der Waals surface area contributed by atoms with Gasteiger partial charge < -0.3 is 9.64 Å². The van der Waals surface area contributed by atoms with Crippen molar-refractivity contribution in [2.24, 2.45) is 29.6 Å². The summed E-state index contributed by atoms with van der Waals surface area (Å²) in [5.74, 6) is -0.253. The molecule has 136 valence electrons. The quantitative estimate of drug-likeness (QED) is 0.564. The number of ether oxygens (including phenoxy) is 1. The highest BCUT2D eigenvalue weighted by molar-refractivity contribution is 6.09. The largest absolute Gasteiger partial charge is 0.378 e. The smallest absolute Gasteiger partial charge is 0.246 e. The maximum Gasteiger partial charge on any atom is 0.246 e. The zero-order valence-corrected chi connectivity index (χ0v) is 14.9. The van der Waals surface area contributed by atoms with Crippen molar-refractivity contribution in [1.82, 2.24) is 9.80 Å². The number of fused-ring (bicyclic) bond motifs is 5. The summed E-state index contributed by atoms with van der Waals surface area (Å²) in [5, 5.41) is 0. The SMILES string of the molecule is CC(C)C[C@H](C(=O)N1CCOCC1)N1C(=O)[C@H]2[C@H](C1=O)[C@H]1C=C[C@H]2C1. The summed E-state index contributed by atoms with van der Waals surface area (Å²) in [6.45, 7) is 6.14. The van der Waals surface area contributed by atoms with Crippen LogP contribution in [0.3, 0.4) is 0 Å². The van der Waals surface area contributed by atoms with E-state index in [4.69, 9.17) is 4.74 Å². The van der Waals surface area contributed by atoms with E-state index in [9.17, 15) is 14.4 Å². The molecule has 2 aliphatic carbocycles. The number of hydrogen-bond donors (Lipinski definition) is 0. The van der Waals surface area contributed by atoms with Gasteiger partial charge in [0.2, 0.25) is 17.7 Å². The van der Waals surface area contributed by atoms with Gasteiger partial charge in [-0.2, -0.15) is 0 Å². The van der Waals surface area contributed by atoms with Crippen LogP contribution in [0, 0.1) is 29.6 Å². The number of rotatable bonds is 4. The van der Waals surface area contributed by atoms with Gasteiger partial charge in [0.15, 0.2) is 0 Å². The predicted octanol–water partition coefficient (Wildman–Crippen LogP) is 1.07. The molecule has 2 aliphatic heterocycles. The fourth-order valence-corrected chi connectivity index (χ4v) is 4.99. The molecular weight excluding hydrogens is 320 g/mol. The Kier molecular flexibility index (Phi) is 4.18. The lowest BCUT2D eigenvalue weighted by molar-refractivity contribution is -0.154. The molecule has 3 amide bonds. The Labute approximate surface area is 148 Å². The van der Waals surface area contributed by atoms with E-state index in [1.54, 1.807) is 4.90 Å². The summed E-state index contributed by atoms with van der Waals surface area (Å²) in [6.07, 6.45) is 5.60.